The molecule has 1 amide bonds. The number of benzene rings is 1. The Labute approximate surface area is 109 Å². The summed E-state index contributed by atoms with van der Waals surface area (Å²) in [6.45, 7) is 0. The van der Waals surface area contributed by atoms with Crippen LogP contribution in [0.3, 0.4) is 0 Å². The largest absolute Gasteiger partial charge is 0.481 e. The zero-order valence-corrected chi connectivity index (χ0v) is 10.1. The monoisotopic (exact) mass is 259 g/mol. The maximum absolute atomic E-state index is 11.4. The van der Waals surface area contributed by atoms with Crippen LogP contribution in [0, 0.1) is 0 Å². The van der Waals surface area contributed by atoms with Crippen LogP contribution in [0.5, 0.6) is 0 Å². The number of carboxylic acids is 1. The molecular formula is C13H13N3O3. The van der Waals surface area contributed by atoms with Gasteiger partial charge in [0.05, 0.1) is 12.7 Å². The number of amides is 1. The Kier molecular flexibility index (Phi) is 3.92. The van der Waals surface area contributed by atoms with Crippen LogP contribution in [0.15, 0.2) is 43.0 Å². The lowest BCUT2D eigenvalue weighted by atomic mass is 10.2. The quantitative estimate of drug-likeness (QED) is 0.855. The molecule has 0 saturated heterocycles. The molecule has 1 heterocycles. The summed E-state index contributed by atoms with van der Waals surface area (Å²) < 4.78 is 1.84. The van der Waals surface area contributed by atoms with Crippen LogP contribution < -0.4 is 5.32 Å². The van der Waals surface area contributed by atoms with Crippen LogP contribution in [0.4, 0.5) is 5.69 Å². The molecule has 0 fully saturated rings. The average molecular weight is 259 g/mol. The molecule has 98 valence electrons. The van der Waals surface area contributed by atoms with E-state index in [9.17, 15) is 9.59 Å². The van der Waals surface area contributed by atoms with Crippen molar-refractivity contribution in [2.24, 2.45) is 0 Å². The predicted molar refractivity (Wildman–Crippen MR) is 69.1 cm³/mol. The van der Waals surface area contributed by atoms with Crippen molar-refractivity contribution >= 4 is 17.6 Å². The number of nitrogens with one attached hydrogen (secondary N) is 1. The highest BCUT2D eigenvalue weighted by atomic mass is 16.4. The second-order valence-electron chi connectivity index (χ2n) is 3.96. The van der Waals surface area contributed by atoms with E-state index in [1.54, 1.807) is 24.7 Å². The SMILES string of the molecule is O=C(O)CCC(=O)Nc1ccc(-n2ccnc2)cc1. The molecule has 0 radical (unpaired) electrons. The molecule has 0 aliphatic heterocycles. The van der Waals surface area contributed by atoms with Crippen LogP contribution in [-0.4, -0.2) is 26.5 Å². The molecule has 6 heteroatoms. The smallest absolute Gasteiger partial charge is 0.303 e. The van der Waals surface area contributed by atoms with Crippen LogP contribution >= 0.6 is 0 Å². The van der Waals surface area contributed by atoms with Gasteiger partial charge in [-0.15, -0.1) is 0 Å². The lowest BCUT2D eigenvalue weighted by molar-refractivity contribution is -0.138. The molecule has 0 aliphatic carbocycles. The molecule has 1 aromatic heterocycles. The van der Waals surface area contributed by atoms with Crippen molar-refractivity contribution in [1.29, 1.82) is 0 Å². The number of carbonyl (C=O) groups is 2. The molecule has 1 aromatic carbocycles. The summed E-state index contributed by atoms with van der Waals surface area (Å²) in [5, 5.41) is 11.1. The van der Waals surface area contributed by atoms with E-state index in [1.165, 1.54) is 0 Å². The Morgan fingerprint density at radius 2 is 1.95 bits per heavy atom. The van der Waals surface area contributed by atoms with Gasteiger partial charge in [0.15, 0.2) is 0 Å². The number of carbonyl (C=O) groups excluding carboxylic acids is 1. The minimum Gasteiger partial charge on any atom is -0.481 e. The van der Waals surface area contributed by atoms with Crippen molar-refractivity contribution in [3.05, 3.63) is 43.0 Å². The van der Waals surface area contributed by atoms with Gasteiger partial charge in [-0.05, 0) is 24.3 Å². The van der Waals surface area contributed by atoms with Crippen molar-refractivity contribution in [2.75, 3.05) is 5.32 Å². The number of nitrogens with zero attached hydrogens (tertiary/aromatic N) is 2. The van der Waals surface area contributed by atoms with Crippen molar-refractivity contribution in [3.63, 3.8) is 0 Å². The highest BCUT2D eigenvalue weighted by Crippen LogP contribution is 2.13. The summed E-state index contributed by atoms with van der Waals surface area (Å²) in [6.07, 6.45) is 4.99. The number of anilines is 1. The van der Waals surface area contributed by atoms with Gasteiger partial charge in [-0.1, -0.05) is 0 Å². The Hall–Kier alpha value is -2.63. The van der Waals surface area contributed by atoms with E-state index in [0.29, 0.717) is 5.69 Å². The van der Waals surface area contributed by atoms with Gasteiger partial charge in [-0.3, -0.25) is 9.59 Å². The molecule has 0 atom stereocenters. The first kappa shape index (κ1) is 12.8. The van der Waals surface area contributed by atoms with Gasteiger partial charge < -0.3 is 15.0 Å². The fourth-order valence-corrected chi connectivity index (χ4v) is 1.57. The van der Waals surface area contributed by atoms with Crippen molar-refractivity contribution in [3.8, 4) is 5.69 Å². The summed E-state index contributed by atoms with van der Waals surface area (Å²) in [5.74, 6) is -1.29. The highest BCUT2D eigenvalue weighted by molar-refractivity contribution is 5.92. The molecular weight excluding hydrogens is 246 g/mol. The number of imidazole rings is 1. The Balaban J connectivity index is 1.95. The van der Waals surface area contributed by atoms with Gasteiger partial charge in [0, 0.05) is 30.2 Å². The fraction of sp³-hybridized carbons (Fsp3) is 0.154. The lowest BCUT2D eigenvalue weighted by Crippen LogP contribution is -2.13. The molecule has 0 bridgehead atoms. The Bertz CT molecular complexity index is 561. The molecule has 2 aromatic rings. The van der Waals surface area contributed by atoms with Crippen molar-refractivity contribution < 1.29 is 14.7 Å². The highest BCUT2D eigenvalue weighted by Gasteiger charge is 2.05. The van der Waals surface area contributed by atoms with E-state index < -0.39 is 5.97 Å². The molecule has 2 rings (SSSR count). The summed E-state index contributed by atoms with van der Waals surface area (Å²) in [6, 6.07) is 7.20. The number of aliphatic carboxylic acids is 1. The minimum atomic E-state index is -0.981. The second kappa shape index (κ2) is 5.81. The molecule has 19 heavy (non-hydrogen) atoms. The molecule has 0 spiro atoms. The molecule has 0 unspecified atom stereocenters. The van der Waals surface area contributed by atoms with Crippen LogP contribution in [0.25, 0.3) is 5.69 Å². The Morgan fingerprint density at radius 1 is 1.21 bits per heavy atom. The van der Waals surface area contributed by atoms with E-state index in [1.807, 2.05) is 22.9 Å². The van der Waals surface area contributed by atoms with E-state index >= 15 is 0 Å². The minimum absolute atomic E-state index is 0.0292. The van der Waals surface area contributed by atoms with E-state index in [0.717, 1.165) is 5.69 Å². The summed E-state index contributed by atoms with van der Waals surface area (Å²) >= 11 is 0. The zero-order valence-electron chi connectivity index (χ0n) is 10.1. The average Bonchev–Trinajstić information content (AvgIpc) is 2.91. The van der Waals surface area contributed by atoms with Crippen LogP contribution in [-0.2, 0) is 9.59 Å². The number of hydrogen-bond donors (Lipinski definition) is 2. The normalized spacial score (nSPS) is 10.1. The number of carboxylic acid groups (broad SMARTS) is 1. The molecule has 6 nitrogen and oxygen atoms in total. The van der Waals surface area contributed by atoms with E-state index in [-0.39, 0.29) is 18.7 Å². The molecule has 2 N–H and O–H groups in total. The topological polar surface area (TPSA) is 84.2 Å². The second-order valence-corrected chi connectivity index (χ2v) is 3.96. The van der Waals surface area contributed by atoms with Crippen molar-refractivity contribution in [1.82, 2.24) is 9.55 Å². The lowest BCUT2D eigenvalue weighted by Gasteiger charge is -2.06. The first-order valence-electron chi connectivity index (χ1n) is 5.75. The standard InChI is InChI=1S/C13H13N3O3/c17-12(5-6-13(18)19)15-10-1-3-11(4-2-10)16-8-7-14-9-16/h1-4,7-9H,5-6H2,(H,15,17)(H,18,19). The van der Waals surface area contributed by atoms with Gasteiger partial charge in [-0.25, -0.2) is 4.98 Å². The van der Waals surface area contributed by atoms with Gasteiger partial charge in [0.25, 0.3) is 0 Å². The summed E-state index contributed by atoms with van der Waals surface area (Å²) in [4.78, 5) is 25.7. The third-order valence-corrected chi connectivity index (χ3v) is 2.52. The van der Waals surface area contributed by atoms with Crippen LogP contribution in [0.1, 0.15) is 12.8 Å². The van der Waals surface area contributed by atoms with E-state index in [4.69, 9.17) is 5.11 Å². The summed E-state index contributed by atoms with van der Waals surface area (Å²) in [5.41, 5.74) is 1.57. The first-order chi connectivity index (χ1) is 9.15. The van der Waals surface area contributed by atoms with Crippen LogP contribution in [0.2, 0.25) is 0 Å². The maximum atomic E-state index is 11.4. The number of hydrogen-bond acceptors (Lipinski definition) is 3. The summed E-state index contributed by atoms with van der Waals surface area (Å²) in [7, 11) is 0. The fourth-order valence-electron chi connectivity index (χ4n) is 1.57. The number of rotatable bonds is 5. The zero-order chi connectivity index (χ0) is 13.7. The molecule has 0 aliphatic rings. The maximum Gasteiger partial charge on any atom is 0.303 e. The predicted octanol–water partition coefficient (Wildman–Crippen LogP) is 1.68. The first-order valence-corrected chi connectivity index (χ1v) is 5.75. The Morgan fingerprint density at radius 3 is 2.53 bits per heavy atom. The van der Waals surface area contributed by atoms with Gasteiger partial charge in [0.2, 0.25) is 5.91 Å². The van der Waals surface area contributed by atoms with Crippen molar-refractivity contribution in [2.45, 2.75) is 12.8 Å². The van der Waals surface area contributed by atoms with E-state index in [2.05, 4.69) is 10.3 Å². The third-order valence-electron chi connectivity index (χ3n) is 2.52. The third kappa shape index (κ3) is 3.67. The van der Waals surface area contributed by atoms with Gasteiger partial charge in [0.1, 0.15) is 0 Å². The number of aromatic nitrogens is 2. The van der Waals surface area contributed by atoms with Gasteiger partial charge >= 0.3 is 5.97 Å². The van der Waals surface area contributed by atoms with Gasteiger partial charge in [-0.2, -0.15) is 0 Å². The molecule has 0 saturated carbocycles.